The number of aliphatic hydroxyl groups excluding tert-OH is 1. The van der Waals surface area contributed by atoms with Gasteiger partial charge in [0.15, 0.2) is 11.4 Å². The number of cyclic esters (lactones) is 1. The fourth-order valence-electron chi connectivity index (χ4n) is 7.68. The first-order chi connectivity index (χ1) is 15.7. The number of carbonyl (C=O) groups excluding carboxylic acids is 3. The minimum Gasteiger partial charge on any atom is -0.459 e. The van der Waals surface area contributed by atoms with Gasteiger partial charge in [-0.05, 0) is 38.2 Å². The van der Waals surface area contributed by atoms with E-state index >= 15 is 0 Å². The van der Waals surface area contributed by atoms with E-state index in [2.05, 4.69) is 0 Å². The van der Waals surface area contributed by atoms with E-state index in [0.717, 1.165) is 0 Å². The van der Waals surface area contributed by atoms with Gasteiger partial charge in [0, 0.05) is 28.7 Å². The zero-order valence-electron chi connectivity index (χ0n) is 19.9. The molecule has 0 aromatic carbocycles. The van der Waals surface area contributed by atoms with Crippen molar-refractivity contribution in [1.82, 2.24) is 0 Å². The molecule has 0 aromatic rings. The van der Waals surface area contributed by atoms with Crippen molar-refractivity contribution >= 4 is 17.9 Å². The molecule has 2 bridgehead atoms. The molecule has 2 saturated carbocycles. The van der Waals surface area contributed by atoms with E-state index in [0.29, 0.717) is 5.57 Å². The third kappa shape index (κ3) is 2.68. The summed E-state index contributed by atoms with van der Waals surface area (Å²) in [5.74, 6) is -6.43. The lowest BCUT2D eigenvalue weighted by atomic mass is 9.50. The first kappa shape index (κ1) is 23.7. The Labute approximate surface area is 197 Å². The first-order valence-electron chi connectivity index (χ1n) is 11.8. The normalized spacial score (nSPS) is 50.7. The average molecular weight is 481 g/mol. The molecule has 0 amide bonds. The number of hydrogen-bond acceptors (Lipinski definition) is 10. The lowest BCUT2D eigenvalue weighted by Crippen LogP contribution is -2.70. The van der Waals surface area contributed by atoms with Gasteiger partial charge in [0.1, 0.15) is 18.3 Å². The van der Waals surface area contributed by atoms with E-state index < -0.39 is 82.3 Å². The van der Waals surface area contributed by atoms with Crippen LogP contribution in [0.25, 0.3) is 0 Å². The number of rotatable bonds is 4. The van der Waals surface area contributed by atoms with Gasteiger partial charge in [0.25, 0.3) is 0 Å². The highest BCUT2D eigenvalue weighted by atomic mass is 16.7. The minimum absolute atomic E-state index is 0.0323. The summed E-state index contributed by atoms with van der Waals surface area (Å²) in [6, 6.07) is 0. The highest BCUT2D eigenvalue weighted by Crippen LogP contribution is 2.74. The molecule has 4 fully saturated rings. The second-order valence-electron chi connectivity index (χ2n) is 11.2. The summed E-state index contributed by atoms with van der Waals surface area (Å²) < 4.78 is 22.9. The van der Waals surface area contributed by atoms with Crippen LogP contribution in [-0.4, -0.2) is 75.6 Å². The van der Waals surface area contributed by atoms with Crippen molar-refractivity contribution in [2.45, 2.75) is 83.3 Å². The van der Waals surface area contributed by atoms with E-state index in [4.69, 9.17) is 18.9 Å². The van der Waals surface area contributed by atoms with Gasteiger partial charge in [-0.3, -0.25) is 0 Å². The van der Waals surface area contributed by atoms with Crippen LogP contribution in [-0.2, 0) is 33.3 Å². The Bertz CT molecular complexity index is 988. The van der Waals surface area contributed by atoms with Crippen molar-refractivity contribution in [1.29, 1.82) is 0 Å². The van der Waals surface area contributed by atoms with Gasteiger partial charge in [-0.1, -0.05) is 20.8 Å². The average Bonchev–Trinajstić information content (AvgIpc) is 3.35. The number of hydrogen-bond donors (Lipinski definition) is 3. The van der Waals surface area contributed by atoms with Gasteiger partial charge in [0.05, 0.1) is 6.61 Å². The third-order valence-corrected chi connectivity index (χ3v) is 9.27. The van der Waals surface area contributed by atoms with E-state index in [1.54, 1.807) is 20.8 Å². The van der Waals surface area contributed by atoms with Crippen LogP contribution >= 0.6 is 0 Å². The molecule has 3 N–H and O–H groups in total. The Kier molecular flexibility index (Phi) is 4.90. The van der Waals surface area contributed by atoms with E-state index in [9.17, 15) is 29.7 Å². The minimum atomic E-state index is -1.97. The molecule has 3 heterocycles. The summed E-state index contributed by atoms with van der Waals surface area (Å²) in [5, 5.41) is 33.4. The van der Waals surface area contributed by atoms with Gasteiger partial charge >= 0.3 is 17.9 Å². The maximum atomic E-state index is 13.2. The number of carbonyl (C=O) groups is 3. The number of esters is 3. The highest BCUT2D eigenvalue weighted by molar-refractivity contribution is 5.86. The maximum Gasteiger partial charge on any atom is 0.348 e. The van der Waals surface area contributed by atoms with Crippen LogP contribution in [0.2, 0.25) is 0 Å². The maximum absolute atomic E-state index is 13.2. The van der Waals surface area contributed by atoms with Crippen molar-refractivity contribution in [3.8, 4) is 0 Å². The van der Waals surface area contributed by atoms with Crippen molar-refractivity contribution in [3.63, 3.8) is 0 Å². The van der Waals surface area contributed by atoms with E-state index in [1.165, 1.54) is 13.0 Å². The summed E-state index contributed by atoms with van der Waals surface area (Å²) in [7, 11) is 0. The zero-order chi connectivity index (χ0) is 25.0. The van der Waals surface area contributed by atoms with Crippen molar-refractivity contribution in [2.24, 2.45) is 28.6 Å². The molecule has 188 valence electrons. The zero-order valence-corrected chi connectivity index (χ0v) is 19.9. The molecule has 0 aromatic heterocycles. The Morgan fingerprint density at radius 2 is 2.00 bits per heavy atom. The van der Waals surface area contributed by atoms with Crippen LogP contribution in [0.1, 0.15) is 47.5 Å². The molecule has 34 heavy (non-hydrogen) atoms. The molecule has 11 atom stereocenters. The molecule has 1 spiro atoms. The number of ether oxygens (including phenoxy) is 4. The predicted molar refractivity (Wildman–Crippen MR) is 113 cm³/mol. The van der Waals surface area contributed by atoms with Gasteiger partial charge in [-0.25, -0.2) is 14.4 Å². The van der Waals surface area contributed by atoms with Gasteiger partial charge in [-0.2, -0.15) is 0 Å². The Morgan fingerprint density at radius 1 is 1.32 bits per heavy atom. The Hall–Kier alpha value is -2.01. The topological polar surface area (TPSA) is 149 Å². The molecule has 10 nitrogen and oxygen atoms in total. The van der Waals surface area contributed by atoms with Crippen molar-refractivity contribution < 1.29 is 48.7 Å². The van der Waals surface area contributed by atoms with Gasteiger partial charge in [-0.15, -0.1) is 0 Å². The highest BCUT2D eigenvalue weighted by Gasteiger charge is 2.84. The Balaban J connectivity index is 1.63. The van der Waals surface area contributed by atoms with Crippen LogP contribution in [0, 0.1) is 28.6 Å². The lowest BCUT2D eigenvalue weighted by Gasteiger charge is -2.57. The molecule has 2 aliphatic carbocycles. The SMILES string of the molecule is CCC(C)(O)C(=O)OC1C(=O)OC2CC(C)(C3OC(=O)C=C3C)C3C4(O)OCC23C1C(C)C4O. The van der Waals surface area contributed by atoms with Gasteiger partial charge < -0.3 is 34.3 Å². The van der Waals surface area contributed by atoms with Crippen LogP contribution < -0.4 is 0 Å². The quantitative estimate of drug-likeness (QED) is 0.377. The van der Waals surface area contributed by atoms with Gasteiger partial charge in [0.2, 0.25) is 6.10 Å². The molecule has 5 rings (SSSR count). The number of aliphatic hydroxyl groups is 3. The standard InChI is InChI=1S/C24H32O10/c1-6-22(5,29)20(28)34-15-14-11(3)16(26)24(30)19-21(4,17-10(2)7-13(25)33-17)8-12(32-18(15)27)23(14,19)9-31-24/h7,11-12,14-17,19,26,29-30H,6,8-9H2,1-5H3. The molecule has 5 aliphatic rings. The van der Waals surface area contributed by atoms with Crippen LogP contribution in [0.4, 0.5) is 0 Å². The second-order valence-corrected chi connectivity index (χ2v) is 11.2. The second kappa shape index (κ2) is 7.02. The molecule has 10 heteroatoms. The lowest BCUT2D eigenvalue weighted by molar-refractivity contribution is -0.305. The molecule has 0 radical (unpaired) electrons. The summed E-state index contributed by atoms with van der Waals surface area (Å²) in [5.41, 5.74) is -3.06. The van der Waals surface area contributed by atoms with Crippen molar-refractivity contribution in [2.75, 3.05) is 6.61 Å². The summed E-state index contributed by atoms with van der Waals surface area (Å²) >= 11 is 0. The predicted octanol–water partition coefficient (Wildman–Crippen LogP) is 0.215. The van der Waals surface area contributed by atoms with E-state index in [-0.39, 0.29) is 19.4 Å². The van der Waals surface area contributed by atoms with Crippen LogP contribution in [0.3, 0.4) is 0 Å². The third-order valence-electron chi connectivity index (χ3n) is 9.27. The first-order valence-corrected chi connectivity index (χ1v) is 11.8. The molecule has 11 unspecified atom stereocenters. The summed E-state index contributed by atoms with van der Waals surface area (Å²) in [4.78, 5) is 38.0. The smallest absolute Gasteiger partial charge is 0.348 e. The Morgan fingerprint density at radius 3 is 2.59 bits per heavy atom. The monoisotopic (exact) mass is 480 g/mol. The molecular formula is C24H32O10. The van der Waals surface area contributed by atoms with Crippen LogP contribution in [0.5, 0.6) is 0 Å². The fourth-order valence-corrected chi connectivity index (χ4v) is 7.68. The summed E-state index contributed by atoms with van der Waals surface area (Å²) in [6.07, 6.45) is -2.49. The molecular weight excluding hydrogens is 448 g/mol. The molecule has 2 saturated heterocycles. The fraction of sp³-hybridized carbons (Fsp3) is 0.792. The van der Waals surface area contributed by atoms with Crippen LogP contribution in [0.15, 0.2) is 11.6 Å². The summed E-state index contributed by atoms with van der Waals surface area (Å²) in [6.45, 7) is 8.17. The van der Waals surface area contributed by atoms with Crippen molar-refractivity contribution in [3.05, 3.63) is 11.6 Å². The van der Waals surface area contributed by atoms with E-state index in [1.807, 2.05) is 6.92 Å². The largest absolute Gasteiger partial charge is 0.459 e. The molecule has 3 aliphatic heterocycles.